The van der Waals surface area contributed by atoms with Crippen LogP contribution < -0.4 is 5.73 Å². The lowest BCUT2D eigenvalue weighted by Crippen LogP contribution is -2.56. The van der Waals surface area contributed by atoms with E-state index in [0.29, 0.717) is 13.0 Å². The molecule has 0 atom stereocenters. The second-order valence-corrected chi connectivity index (χ2v) is 7.84. The van der Waals surface area contributed by atoms with E-state index >= 15 is 0 Å². The number of carbonyl (C=O) groups is 2. The number of aliphatic hydroxyl groups excluding tert-OH is 1. The number of carbonyl (C=O) groups excluding carboxylic acids is 2. The van der Waals surface area contributed by atoms with Gasteiger partial charge < -0.3 is 20.3 Å². The van der Waals surface area contributed by atoms with Crippen LogP contribution in [-0.2, 0) is 19.1 Å². The van der Waals surface area contributed by atoms with Gasteiger partial charge >= 0.3 is 11.9 Å². The van der Waals surface area contributed by atoms with Crippen molar-refractivity contribution in [2.45, 2.75) is 116 Å². The first kappa shape index (κ1) is 27.9. The first-order valence-electron chi connectivity index (χ1n) is 11.8. The highest BCUT2D eigenvalue weighted by molar-refractivity contribution is 6.04. The maximum absolute atomic E-state index is 12.1. The molecule has 0 aromatic rings. The van der Waals surface area contributed by atoms with Crippen molar-refractivity contribution in [3.8, 4) is 0 Å². The maximum Gasteiger partial charge on any atom is 0.337 e. The zero-order valence-electron chi connectivity index (χ0n) is 18.9. The molecule has 172 valence electrons. The summed E-state index contributed by atoms with van der Waals surface area (Å²) in [5.74, 6) is -1.38. The largest absolute Gasteiger partial charge is 0.464 e. The molecule has 0 aromatic heterocycles. The molecule has 0 heterocycles. The molecule has 6 nitrogen and oxygen atoms in total. The van der Waals surface area contributed by atoms with Crippen LogP contribution in [0.25, 0.3) is 0 Å². The molecular weight excluding hydrogens is 370 g/mol. The lowest BCUT2D eigenvalue weighted by molar-refractivity contribution is -0.164. The Hall–Kier alpha value is -1.14. The van der Waals surface area contributed by atoms with Gasteiger partial charge in [0.25, 0.3) is 0 Å². The highest BCUT2D eigenvalue weighted by atomic mass is 16.6. The number of unbranched alkanes of at least 4 members (excludes halogenated alkanes) is 13. The summed E-state index contributed by atoms with van der Waals surface area (Å²) in [5.41, 5.74) is 4.37. The van der Waals surface area contributed by atoms with Crippen molar-refractivity contribution in [2.75, 3.05) is 19.8 Å². The van der Waals surface area contributed by atoms with Gasteiger partial charge in [0.1, 0.15) is 0 Å². The number of rotatable bonds is 20. The number of aliphatic hydroxyl groups is 1. The molecule has 0 aromatic carbocycles. The number of hydrogen-bond acceptors (Lipinski definition) is 6. The average Bonchev–Trinajstić information content (AvgIpc) is 2.71. The van der Waals surface area contributed by atoms with Crippen molar-refractivity contribution in [1.82, 2.24) is 0 Å². The van der Waals surface area contributed by atoms with Gasteiger partial charge in [0, 0.05) is 6.61 Å². The lowest BCUT2D eigenvalue weighted by Gasteiger charge is -2.24. The van der Waals surface area contributed by atoms with Crippen molar-refractivity contribution >= 4 is 11.9 Å². The summed E-state index contributed by atoms with van der Waals surface area (Å²) in [6.07, 6.45) is 16.6. The third-order valence-corrected chi connectivity index (χ3v) is 5.26. The van der Waals surface area contributed by atoms with E-state index in [-0.39, 0.29) is 19.6 Å². The third kappa shape index (κ3) is 13.7. The summed E-state index contributed by atoms with van der Waals surface area (Å²) in [6.45, 7) is 4.11. The Morgan fingerprint density at radius 3 is 1.28 bits per heavy atom. The molecule has 0 aliphatic heterocycles. The zero-order valence-corrected chi connectivity index (χ0v) is 18.9. The van der Waals surface area contributed by atoms with Gasteiger partial charge in [0.2, 0.25) is 5.54 Å². The molecule has 0 rings (SSSR count). The Morgan fingerprint density at radius 1 is 0.655 bits per heavy atom. The normalized spacial score (nSPS) is 11.4. The molecule has 0 fully saturated rings. The predicted octanol–water partition coefficient (Wildman–Crippen LogP) is 4.65. The van der Waals surface area contributed by atoms with E-state index in [1.54, 1.807) is 13.8 Å². The van der Waals surface area contributed by atoms with Crippen LogP contribution in [0, 0.1) is 0 Å². The van der Waals surface area contributed by atoms with E-state index in [1.165, 1.54) is 57.8 Å². The van der Waals surface area contributed by atoms with Crippen molar-refractivity contribution in [1.29, 1.82) is 0 Å². The highest BCUT2D eigenvalue weighted by Gasteiger charge is 2.44. The molecule has 0 amide bonds. The second-order valence-electron chi connectivity index (χ2n) is 7.84. The standard InChI is InChI=1S/C23H45NO5/c1-3-28-21(26)23(24,22(27)29-4-2)19-17-15-13-11-9-7-5-6-8-10-12-14-16-18-20-25/h25H,3-20,24H2,1-2H3. The van der Waals surface area contributed by atoms with Crippen molar-refractivity contribution in [2.24, 2.45) is 5.73 Å². The minimum absolute atomic E-state index is 0.195. The monoisotopic (exact) mass is 415 g/mol. The second kappa shape index (κ2) is 18.9. The van der Waals surface area contributed by atoms with Crippen molar-refractivity contribution in [3.05, 3.63) is 0 Å². The summed E-state index contributed by atoms with van der Waals surface area (Å²) in [7, 11) is 0. The molecule has 6 heteroatoms. The molecule has 0 radical (unpaired) electrons. The molecule has 0 spiro atoms. The number of nitrogens with two attached hydrogens (primary N) is 1. The molecule has 0 aliphatic rings. The maximum atomic E-state index is 12.1. The Bertz CT molecular complexity index is 396. The molecule has 29 heavy (non-hydrogen) atoms. The fourth-order valence-corrected chi connectivity index (χ4v) is 3.44. The van der Waals surface area contributed by atoms with Crippen LogP contribution in [0.2, 0.25) is 0 Å². The lowest BCUT2D eigenvalue weighted by atomic mass is 9.92. The number of hydrogen-bond donors (Lipinski definition) is 2. The van der Waals surface area contributed by atoms with E-state index in [2.05, 4.69) is 0 Å². The molecule has 0 saturated heterocycles. The fourth-order valence-electron chi connectivity index (χ4n) is 3.44. The summed E-state index contributed by atoms with van der Waals surface area (Å²) in [4.78, 5) is 24.2. The van der Waals surface area contributed by atoms with Gasteiger partial charge in [-0.2, -0.15) is 0 Å². The SMILES string of the molecule is CCOC(=O)C(N)(CCCCCCCCCCCCCCCCO)C(=O)OCC. The average molecular weight is 416 g/mol. The Morgan fingerprint density at radius 2 is 0.966 bits per heavy atom. The smallest absolute Gasteiger partial charge is 0.337 e. The van der Waals surface area contributed by atoms with Gasteiger partial charge in [-0.25, -0.2) is 9.59 Å². The molecule has 0 saturated carbocycles. The minimum atomic E-state index is -1.68. The van der Waals surface area contributed by atoms with Gasteiger partial charge in [-0.1, -0.05) is 83.5 Å². The Labute approximate surface area is 177 Å². The van der Waals surface area contributed by atoms with E-state index < -0.39 is 17.5 Å². The first-order valence-corrected chi connectivity index (χ1v) is 11.8. The van der Waals surface area contributed by atoms with Crippen LogP contribution in [0.3, 0.4) is 0 Å². The van der Waals surface area contributed by atoms with Gasteiger partial charge in [-0.15, -0.1) is 0 Å². The van der Waals surface area contributed by atoms with Gasteiger partial charge in [-0.3, -0.25) is 0 Å². The zero-order chi connectivity index (χ0) is 21.8. The van der Waals surface area contributed by atoms with Crippen LogP contribution in [0.1, 0.15) is 110 Å². The summed E-state index contributed by atoms with van der Waals surface area (Å²) in [5, 5.41) is 8.73. The van der Waals surface area contributed by atoms with Gasteiger partial charge in [0.05, 0.1) is 13.2 Å². The van der Waals surface area contributed by atoms with E-state index in [0.717, 1.165) is 25.7 Å². The molecule has 0 bridgehead atoms. The van der Waals surface area contributed by atoms with Crippen LogP contribution in [0.15, 0.2) is 0 Å². The molecular formula is C23H45NO5. The van der Waals surface area contributed by atoms with E-state index in [1.807, 2.05) is 0 Å². The van der Waals surface area contributed by atoms with Crippen LogP contribution in [0.4, 0.5) is 0 Å². The summed E-state index contributed by atoms with van der Waals surface area (Å²) in [6, 6.07) is 0. The topological polar surface area (TPSA) is 98.9 Å². The number of ether oxygens (including phenoxy) is 2. The van der Waals surface area contributed by atoms with Crippen molar-refractivity contribution < 1.29 is 24.2 Å². The van der Waals surface area contributed by atoms with Crippen molar-refractivity contribution in [3.63, 3.8) is 0 Å². The van der Waals surface area contributed by atoms with Gasteiger partial charge in [-0.05, 0) is 26.7 Å². The van der Waals surface area contributed by atoms with E-state index in [9.17, 15) is 9.59 Å². The summed E-state index contributed by atoms with van der Waals surface area (Å²) < 4.78 is 9.95. The van der Waals surface area contributed by atoms with Crippen LogP contribution in [-0.4, -0.2) is 42.4 Å². The fraction of sp³-hybridized carbons (Fsp3) is 0.913. The van der Waals surface area contributed by atoms with Crippen LogP contribution in [0.5, 0.6) is 0 Å². The quantitative estimate of drug-likeness (QED) is 0.170. The van der Waals surface area contributed by atoms with Gasteiger partial charge in [0.15, 0.2) is 0 Å². The minimum Gasteiger partial charge on any atom is -0.464 e. The van der Waals surface area contributed by atoms with E-state index in [4.69, 9.17) is 20.3 Å². The molecule has 0 aliphatic carbocycles. The Balaban J connectivity index is 3.72. The Kier molecular flexibility index (Phi) is 18.1. The predicted molar refractivity (Wildman–Crippen MR) is 117 cm³/mol. The highest BCUT2D eigenvalue weighted by Crippen LogP contribution is 2.19. The third-order valence-electron chi connectivity index (χ3n) is 5.26. The molecule has 0 unspecified atom stereocenters. The molecule has 3 N–H and O–H groups in total. The number of esters is 2. The summed E-state index contributed by atoms with van der Waals surface area (Å²) >= 11 is 0. The first-order chi connectivity index (χ1) is 14.0. The van der Waals surface area contributed by atoms with Crippen LogP contribution >= 0.6 is 0 Å².